The Labute approximate surface area is 180 Å². The first-order valence-corrected chi connectivity index (χ1v) is 10.1. The summed E-state index contributed by atoms with van der Waals surface area (Å²) >= 11 is 5.88. The number of nitrogen functional groups attached to an aromatic ring is 1. The minimum Gasteiger partial charge on any atom is -0.383 e. The summed E-state index contributed by atoms with van der Waals surface area (Å²) in [5, 5.41) is 2.85. The molecule has 1 atom stereocenters. The number of rotatable bonds is 3. The molecule has 1 fully saturated rings. The van der Waals surface area contributed by atoms with Crippen LogP contribution in [-0.2, 0) is 10.2 Å². The molecule has 0 bridgehead atoms. The van der Waals surface area contributed by atoms with Gasteiger partial charge in [0.15, 0.2) is 11.5 Å². The molecule has 0 radical (unpaired) electrons. The second kappa shape index (κ2) is 6.21. The molecule has 1 saturated carbocycles. The average Bonchev–Trinajstić information content (AvgIpc) is 3.40. The molecular formula is C21H15ClFN7O. The first kappa shape index (κ1) is 18.2. The standard InChI is InChI=1S/C21H15ClFN7O/c22-12-4-3-11(7-13(12)23)21(10-1-2-10)16-17(24)27-18(28-19(16)29-20(21)31)14-9-30-6-5-25-15(30)8-26-14/h3-10H,1-2H2,(H3,24,27,28,29,31). The number of nitrogens with two attached hydrogens (primary N) is 1. The number of carbonyl (C=O) groups excluding carboxylic acids is 1. The van der Waals surface area contributed by atoms with Gasteiger partial charge in [-0.15, -0.1) is 0 Å². The van der Waals surface area contributed by atoms with Crippen LogP contribution < -0.4 is 11.1 Å². The summed E-state index contributed by atoms with van der Waals surface area (Å²) < 4.78 is 16.1. The second-order valence-electron chi connectivity index (χ2n) is 7.79. The summed E-state index contributed by atoms with van der Waals surface area (Å²) in [5.74, 6) is -0.139. The van der Waals surface area contributed by atoms with Crippen LogP contribution in [0.5, 0.6) is 0 Å². The van der Waals surface area contributed by atoms with Gasteiger partial charge in [-0.25, -0.2) is 24.3 Å². The molecule has 6 rings (SSSR count). The summed E-state index contributed by atoms with van der Waals surface area (Å²) in [6.07, 6.45) is 8.42. The number of aromatic nitrogens is 5. The van der Waals surface area contributed by atoms with E-state index < -0.39 is 11.2 Å². The number of hydrogen-bond acceptors (Lipinski definition) is 6. The lowest BCUT2D eigenvalue weighted by Crippen LogP contribution is -2.38. The third-order valence-corrected chi connectivity index (χ3v) is 6.30. The molecule has 31 heavy (non-hydrogen) atoms. The van der Waals surface area contributed by atoms with Crippen LogP contribution in [0.25, 0.3) is 17.2 Å². The number of nitrogens with one attached hydrogen (secondary N) is 1. The molecule has 2 aliphatic rings. The smallest absolute Gasteiger partial charge is 0.241 e. The Kier molecular flexibility index (Phi) is 3.64. The molecule has 10 heteroatoms. The summed E-state index contributed by atoms with van der Waals surface area (Å²) in [5.41, 5.74) is 7.40. The lowest BCUT2D eigenvalue weighted by atomic mass is 9.71. The van der Waals surface area contributed by atoms with Crippen molar-refractivity contribution in [3.63, 3.8) is 0 Å². The van der Waals surface area contributed by atoms with Gasteiger partial charge < -0.3 is 15.5 Å². The van der Waals surface area contributed by atoms with Crippen molar-refractivity contribution in [3.05, 3.63) is 65.0 Å². The quantitative estimate of drug-likeness (QED) is 0.511. The third kappa shape index (κ3) is 2.50. The molecule has 1 aromatic carbocycles. The number of fused-ring (bicyclic) bond motifs is 2. The van der Waals surface area contributed by atoms with Crippen molar-refractivity contribution in [2.24, 2.45) is 5.92 Å². The van der Waals surface area contributed by atoms with Gasteiger partial charge in [0.25, 0.3) is 0 Å². The number of anilines is 2. The van der Waals surface area contributed by atoms with E-state index in [0.29, 0.717) is 28.3 Å². The highest BCUT2D eigenvalue weighted by Gasteiger charge is 2.59. The predicted molar refractivity (Wildman–Crippen MR) is 112 cm³/mol. The molecule has 0 saturated heterocycles. The van der Waals surface area contributed by atoms with Crippen LogP contribution in [-0.4, -0.2) is 30.2 Å². The number of benzene rings is 1. The average molecular weight is 436 g/mol. The molecule has 4 aromatic rings. The monoisotopic (exact) mass is 435 g/mol. The SMILES string of the molecule is Nc1nc(-c2cn3ccnc3cn2)nc2c1C(c1ccc(Cl)c(F)c1)(C1CC1)C(=O)N2. The number of amides is 1. The highest BCUT2D eigenvalue weighted by molar-refractivity contribution is 6.30. The molecule has 1 amide bonds. The number of imidazole rings is 1. The van der Waals surface area contributed by atoms with Crippen molar-refractivity contribution in [2.45, 2.75) is 18.3 Å². The van der Waals surface area contributed by atoms with Crippen LogP contribution in [0.15, 0.2) is 43.0 Å². The van der Waals surface area contributed by atoms with Crippen molar-refractivity contribution in [2.75, 3.05) is 11.1 Å². The second-order valence-corrected chi connectivity index (χ2v) is 8.19. The fraction of sp³-hybridized carbons (Fsp3) is 0.190. The van der Waals surface area contributed by atoms with Gasteiger partial charge in [-0.05, 0) is 36.5 Å². The molecule has 4 heterocycles. The Balaban J connectivity index is 1.55. The Morgan fingerprint density at radius 1 is 1.26 bits per heavy atom. The summed E-state index contributed by atoms with van der Waals surface area (Å²) in [7, 11) is 0. The first-order valence-electron chi connectivity index (χ1n) is 9.72. The topological polar surface area (TPSA) is 111 Å². The molecule has 1 unspecified atom stereocenters. The highest BCUT2D eigenvalue weighted by atomic mass is 35.5. The van der Waals surface area contributed by atoms with Gasteiger partial charge in [0.2, 0.25) is 5.91 Å². The molecule has 8 nitrogen and oxygen atoms in total. The molecular weight excluding hydrogens is 421 g/mol. The molecule has 3 N–H and O–H groups in total. The third-order valence-electron chi connectivity index (χ3n) is 5.99. The van der Waals surface area contributed by atoms with Crippen molar-refractivity contribution in [1.29, 1.82) is 0 Å². The highest BCUT2D eigenvalue weighted by Crippen LogP contribution is 2.57. The largest absolute Gasteiger partial charge is 0.383 e. The van der Waals surface area contributed by atoms with Gasteiger partial charge in [0.1, 0.15) is 28.6 Å². The zero-order valence-corrected chi connectivity index (χ0v) is 16.8. The van der Waals surface area contributed by atoms with Crippen molar-refractivity contribution in [3.8, 4) is 11.5 Å². The fourth-order valence-electron chi connectivity index (χ4n) is 4.49. The maximum absolute atomic E-state index is 14.3. The van der Waals surface area contributed by atoms with Gasteiger partial charge in [0.05, 0.1) is 16.8 Å². The number of hydrogen-bond donors (Lipinski definition) is 2. The van der Waals surface area contributed by atoms with Crippen LogP contribution in [0.2, 0.25) is 5.02 Å². The lowest BCUT2D eigenvalue weighted by molar-refractivity contribution is -0.120. The summed E-state index contributed by atoms with van der Waals surface area (Å²) in [6, 6.07) is 4.43. The Bertz CT molecular complexity index is 1400. The van der Waals surface area contributed by atoms with Crippen molar-refractivity contribution >= 4 is 34.8 Å². The van der Waals surface area contributed by atoms with Crippen LogP contribution >= 0.6 is 11.6 Å². The number of carbonyl (C=O) groups is 1. The van der Waals surface area contributed by atoms with E-state index in [9.17, 15) is 9.18 Å². The normalized spacial score (nSPS) is 20.1. The fourth-order valence-corrected chi connectivity index (χ4v) is 4.61. The van der Waals surface area contributed by atoms with E-state index in [1.165, 1.54) is 12.1 Å². The lowest BCUT2D eigenvalue weighted by Gasteiger charge is -2.28. The number of nitrogens with zero attached hydrogens (tertiary/aromatic N) is 5. The molecule has 0 spiro atoms. The van der Waals surface area contributed by atoms with E-state index in [2.05, 4.69) is 25.3 Å². The van der Waals surface area contributed by atoms with Crippen molar-refractivity contribution < 1.29 is 9.18 Å². The Hall–Kier alpha value is -3.59. The van der Waals surface area contributed by atoms with E-state index >= 15 is 0 Å². The zero-order valence-electron chi connectivity index (χ0n) is 16.0. The van der Waals surface area contributed by atoms with E-state index in [0.717, 1.165) is 12.8 Å². The van der Waals surface area contributed by atoms with Crippen molar-refractivity contribution in [1.82, 2.24) is 24.3 Å². The van der Waals surface area contributed by atoms with E-state index in [-0.39, 0.29) is 28.5 Å². The number of halogens is 2. The van der Waals surface area contributed by atoms with Gasteiger partial charge in [-0.2, -0.15) is 0 Å². The van der Waals surface area contributed by atoms with Crippen LogP contribution in [0.4, 0.5) is 16.0 Å². The van der Waals surface area contributed by atoms with Crippen LogP contribution in [0.1, 0.15) is 24.0 Å². The van der Waals surface area contributed by atoms with Crippen LogP contribution in [0.3, 0.4) is 0 Å². The minimum absolute atomic E-state index is 0.00568. The van der Waals surface area contributed by atoms with Gasteiger partial charge in [-0.3, -0.25) is 4.79 Å². The maximum atomic E-state index is 14.3. The predicted octanol–water partition coefficient (Wildman–Crippen LogP) is 3.21. The summed E-state index contributed by atoms with van der Waals surface area (Å²) in [6.45, 7) is 0. The van der Waals surface area contributed by atoms with Gasteiger partial charge in [-0.1, -0.05) is 17.7 Å². The van der Waals surface area contributed by atoms with E-state index in [1.54, 1.807) is 35.3 Å². The first-order chi connectivity index (χ1) is 15.0. The van der Waals surface area contributed by atoms with Gasteiger partial charge >= 0.3 is 0 Å². The molecule has 3 aromatic heterocycles. The molecule has 1 aliphatic heterocycles. The Morgan fingerprint density at radius 3 is 2.87 bits per heavy atom. The molecule has 1 aliphatic carbocycles. The Morgan fingerprint density at radius 2 is 2.10 bits per heavy atom. The minimum atomic E-state index is -1.15. The van der Waals surface area contributed by atoms with Gasteiger partial charge in [0, 0.05) is 18.6 Å². The maximum Gasteiger partial charge on any atom is 0.241 e. The molecule has 154 valence electrons. The van der Waals surface area contributed by atoms with E-state index in [1.807, 2.05) is 0 Å². The zero-order chi connectivity index (χ0) is 21.3. The van der Waals surface area contributed by atoms with Crippen LogP contribution in [0, 0.1) is 11.7 Å². The summed E-state index contributed by atoms with van der Waals surface area (Å²) in [4.78, 5) is 30.9. The van der Waals surface area contributed by atoms with E-state index in [4.69, 9.17) is 17.3 Å².